The highest BCUT2D eigenvalue weighted by Crippen LogP contribution is 2.09. The SMILES string of the molecule is C[C@H](NC(=O)Cc1cc(F)cc(F)c1)C(=O)OCc1ccccc1. The number of halogens is 2. The van der Waals surface area contributed by atoms with Crippen LogP contribution >= 0.6 is 0 Å². The number of hydrogen-bond donors (Lipinski definition) is 1. The van der Waals surface area contributed by atoms with Crippen molar-refractivity contribution >= 4 is 11.9 Å². The quantitative estimate of drug-likeness (QED) is 0.827. The summed E-state index contributed by atoms with van der Waals surface area (Å²) in [6.45, 7) is 1.59. The van der Waals surface area contributed by atoms with E-state index in [4.69, 9.17) is 4.74 Å². The molecule has 1 N–H and O–H groups in total. The van der Waals surface area contributed by atoms with Gasteiger partial charge in [0.05, 0.1) is 6.42 Å². The molecule has 24 heavy (non-hydrogen) atoms. The number of carbonyl (C=O) groups excluding carboxylic acids is 2. The van der Waals surface area contributed by atoms with E-state index in [1.807, 2.05) is 30.3 Å². The number of ether oxygens (including phenoxy) is 1. The Morgan fingerprint density at radius 1 is 1.04 bits per heavy atom. The molecule has 0 fully saturated rings. The zero-order valence-corrected chi connectivity index (χ0v) is 13.1. The third-order valence-electron chi connectivity index (χ3n) is 3.24. The van der Waals surface area contributed by atoms with Crippen LogP contribution in [0.1, 0.15) is 18.1 Å². The second kappa shape index (κ2) is 8.19. The summed E-state index contributed by atoms with van der Waals surface area (Å²) in [6.07, 6.45) is -0.231. The van der Waals surface area contributed by atoms with Crippen LogP contribution < -0.4 is 5.32 Å². The van der Waals surface area contributed by atoms with Crippen molar-refractivity contribution in [1.29, 1.82) is 0 Å². The summed E-state index contributed by atoms with van der Waals surface area (Å²) in [7, 11) is 0. The van der Waals surface area contributed by atoms with Gasteiger partial charge in [-0.2, -0.15) is 0 Å². The number of esters is 1. The third-order valence-corrected chi connectivity index (χ3v) is 3.24. The Morgan fingerprint density at radius 2 is 1.67 bits per heavy atom. The maximum atomic E-state index is 13.1. The Bertz CT molecular complexity index is 699. The van der Waals surface area contributed by atoms with Gasteiger partial charge in [0.15, 0.2) is 0 Å². The fourth-order valence-corrected chi connectivity index (χ4v) is 2.10. The van der Waals surface area contributed by atoms with E-state index < -0.39 is 29.6 Å². The first-order valence-electron chi connectivity index (χ1n) is 7.39. The van der Waals surface area contributed by atoms with Gasteiger partial charge in [-0.05, 0) is 30.2 Å². The highest BCUT2D eigenvalue weighted by atomic mass is 19.1. The standard InChI is InChI=1S/C18H17F2NO3/c1-12(18(23)24-11-13-5-3-2-4-6-13)21-17(22)9-14-7-15(19)10-16(20)8-14/h2-8,10,12H,9,11H2,1H3,(H,21,22)/t12-/m0/s1. The smallest absolute Gasteiger partial charge is 0.328 e. The molecule has 0 unspecified atom stereocenters. The molecule has 0 aliphatic rings. The first-order chi connectivity index (χ1) is 11.4. The Balaban J connectivity index is 1.83. The summed E-state index contributed by atoms with van der Waals surface area (Å²) in [6, 6.07) is 11.1. The highest BCUT2D eigenvalue weighted by Gasteiger charge is 2.17. The van der Waals surface area contributed by atoms with Crippen LogP contribution in [0.5, 0.6) is 0 Å². The fraction of sp³-hybridized carbons (Fsp3) is 0.222. The summed E-state index contributed by atoms with van der Waals surface area (Å²) in [5, 5.41) is 2.44. The lowest BCUT2D eigenvalue weighted by Gasteiger charge is -2.13. The van der Waals surface area contributed by atoms with Gasteiger partial charge in [-0.1, -0.05) is 30.3 Å². The maximum absolute atomic E-state index is 13.1. The number of hydrogen-bond acceptors (Lipinski definition) is 3. The van der Waals surface area contributed by atoms with E-state index in [1.54, 1.807) is 0 Å². The molecule has 0 aromatic heterocycles. The van der Waals surface area contributed by atoms with Crippen LogP contribution in [0, 0.1) is 11.6 Å². The van der Waals surface area contributed by atoms with Crippen molar-refractivity contribution in [3.05, 3.63) is 71.3 Å². The molecule has 0 heterocycles. The van der Waals surface area contributed by atoms with Crippen molar-refractivity contribution in [2.45, 2.75) is 26.0 Å². The number of nitrogens with one attached hydrogen (secondary N) is 1. The fourth-order valence-electron chi connectivity index (χ4n) is 2.10. The summed E-state index contributed by atoms with van der Waals surface area (Å²) >= 11 is 0. The molecule has 0 spiro atoms. The van der Waals surface area contributed by atoms with E-state index in [0.29, 0.717) is 0 Å². The van der Waals surface area contributed by atoms with E-state index in [0.717, 1.165) is 23.8 Å². The zero-order chi connectivity index (χ0) is 17.5. The molecule has 0 radical (unpaired) electrons. The molecule has 0 saturated heterocycles. The molecule has 2 aromatic rings. The minimum atomic E-state index is -0.861. The normalized spacial score (nSPS) is 11.6. The molecule has 0 aliphatic heterocycles. The van der Waals surface area contributed by atoms with Crippen molar-refractivity contribution in [2.75, 3.05) is 0 Å². The molecule has 0 saturated carbocycles. The maximum Gasteiger partial charge on any atom is 0.328 e. The minimum Gasteiger partial charge on any atom is -0.459 e. The molecule has 6 heteroatoms. The molecular formula is C18H17F2NO3. The van der Waals surface area contributed by atoms with E-state index in [-0.39, 0.29) is 18.6 Å². The van der Waals surface area contributed by atoms with Gasteiger partial charge >= 0.3 is 5.97 Å². The van der Waals surface area contributed by atoms with Gasteiger partial charge in [0.1, 0.15) is 24.3 Å². The highest BCUT2D eigenvalue weighted by molar-refractivity contribution is 5.85. The van der Waals surface area contributed by atoms with E-state index in [2.05, 4.69) is 5.32 Å². The lowest BCUT2D eigenvalue weighted by atomic mass is 10.1. The van der Waals surface area contributed by atoms with Crippen molar-refractivity contribution in [3.8, 4) is 0 Å². The van der Waals surface area contributed by atoms with Gasteiger partial charge < -0.3 is 10.1 Å². The third kappa shape index (κ3) is 5.46. The summed E-state index contributed by atoms with van der Waals surface area (Å²) in [5.74, 6) is -2.62. The van der Waals surface area contributed by atoms with Gasteiger partial charge in [-0.25, -0.2) is 13.6 Å². The van der Waals surface area contributed by atoms with Crippen LogP contribution in [0.15, 0.2) is 48.5 Å². The van der Waals surface area contributed by atoms with E-state index in [9.17, 15) is 18.4 Å². The molecule has 1 amide bonds. The summed E-state index contributed by atoms with van der Waals surface area (Å²) in [4.78, 5) is 23.7. The molecule has 2 rings (SSSR count). The number of amides is 1. The minimum absolute atomic E-state index is 0.106. The first-order valence-corrected chi connectivity index (χ1v) is 7.39. The largest absolute Gasteiger partial charge is 0.459 e. The lowest BCUT2D eigenvalue weighted by Crippen LogP contribution is -2.40. The lowest BCUT2D eigenvalue weighted by molar-refractivity contribution is -0.148. The molecule has 0 bridgehead atoms. The van der Waals surface area contributed by atoms with Crippen molar-refractivity contribution in [2.24, 2.45) is 0 Å². The van der Waals surface area contributed by atoms with Crippen LogP contribution in [0.2, 0.25) is 0 Å². The Morgan fingerprint density at radius 3 is 2.29 bits per heavy atom. The predicted octanol–water partition coefficient (Wildman–Crippen LogP) is 2.76. The molecule has 4 nitrogen and oxygen atoms in total. The van der Waals surface area contributed by atoms with Crippen LogP contribution in [0.3, 0.4) is 0 Å². The monoisotopic (exact) mass is 333 g/mol. The van der Waals surface area contributed by atoms with Crippen molar-refractivity contribution in [1.82, 2.24) is 5.32 Å². The molecule has 0 aliphatic carbocycles. The first kappa shape index (κ1) is 17.6. The topological polar surface area (TPSA) is 55.4 Å². The van der Waals surface area contributed by atoms with Gasteiger partial charge in [0.25, 0.3) is 0 Å². The van der Waals surface area contributed by atoms with Crippen LogP contribution in [0.25, 0.3) is 0 Å². The van der Waals surface area contributed by atoms with Crippen molar-refractivity contribution < 1.29 is 23.1 Å². The summed E-state index contributed by atoms with van der Waals surface area (Å²) in [5.41, 5.74) is 1.02. The Labute approximate surface area is 138 Å². The summed E-state index contributed by atoms with van der Waals surface area (Å²) < 4.78 is 31.3. The van der Waals surface area contributed by atoms with Crippen molar-refractivity contribution in [3.63, 3.8) is 0 Å². The second-order valence-electron chi connectivity index (χ2n) is 5.34. The van der Waals surface area contributed by atoms with E-state index in [1.165, 1.54) is 6.92 Å². The van der Waals surface area contributed by atoms with Gasteiger partial charge in [-0.3, -0.25) is 4.79 Å². The van der Waals surface area contributed by atoms with Crippen LogP contribution in [-0.2, 0) is 27.4 Å². The molecular weight excluding hydrogens is 316 g/mol. The predicted molar refractivity (Wildman–Crippen MR) is 83.9 cm³/mol. The molecule has 2 aromatic carbocycles. The second-order valence-corrected chi connectivity index (χ2v) is 5.34. The number of benzene rings is 2. The number of carbonyl (C=O) groups is 2. The zero-order valence-electron chi connectivity index (χ0n) is 13.1. The van der Waals surface area contributed by atoms with Gasteiger partial charge in [-0.15, -0.1) is 0 Å². The van der Waals surface area contributed by atoms with Gasteiger partial charge in [0, 0.05) is 6.07 Å². The molecule has 126 valence electrons. The average molecular weight is 333 g/mol. The Hall–Kier alpha value is -2.76. The Kier molecular flexibility index (Phi) is 6.01. The van der Waals surface area contributed by atoms with Gasteiger partial charge in [0.2, 0.25) is 5.91 Å². The average Bonchev–Trinajstić information content (AvgIpc) is 2.52. The van der Waals surface area contributed by atoms with Crippen LogP contribution in [-0.4, -0.2) is 17.9 Å². The van der Waals surface area contributed by atoms with E-state index >= 15 is 0 Å². The number of rotatable bonds is 6. The van der Waals surface area contributed by atoms with Crippen LogP contribution in [0.4, 0.5) is 8.78 Å². The molecule has 1 atom stereocenters.